The topological polar surface area (TPSA) is 69.6 Å². The summed E-state index contributed by atoms with van der Waals surface area (Å²) in [5.41, 5.74) is 0. The van der Waals surface area contributed by atoms with Gasteiger partial charge in [-0.2, -0.15) is 0 Å². The van der Waals surface area contributed by atoms with E-state index in [9.17, 15) is 15.0 Å². The molecule has 0 aromatic heterocycles. The van der Waals surface area contributed by atoms with Crippen LogP contribution in [0.15, 0.2) is 0 Å². The first kappa shape index (κ1) is 26.4. The Morgan fingerprint density at radius 2 is 1.19 bits per heavy atom. The van der Waals surface area contributed by atoms with E-state index >= 15 is 0 Å². The van der Waals surface area contributed by atoms with Crippen LogP contribution in [-0.2, 0) is 4.79 Å². The lowest BCUT2D eigenvalue weighted by molar-refractivity contribution is -0.123. The number of hydrogen-bond donors (Lipinski definition) is 3. The molecule has 3 N–H and O–H groups in total. The lowest BCUT2D eigenvalue weighted by atomic mass is 10.0. The number of nitrogens with one attached hydrogen (secondary N) is 1. The first-order valence-electron chi connectivity index (χ1n) is 11.7. The van der Waals surface area contributed by atoms with E-state index in [1.54, 1.807) is 0 Å². The summed E-state index contributed by atoms with van der Waals surface area (Å²) in [5, 5.41) is 22.5. The molecule has 0 spiro atoms. The molecule has 0 radical (unpaired) electrons. The molecule has 0 saturated carbocycles. The Morgan fingerprint density at radius 3 is 1.67 bits per heavy atom. The third kappa shape index (κ3) is 17.2. The van der Waals surface area contributed by atoms with Crippen LogP contribution in [0.5, 0.6) is 0 Å². The molecule has 4 nitrogen and oxygen atoms in total. The highest BCUT2D eigenvalue weighted by Gasteiger charge is 2.19. The number of aliphatic hydroxyl groups is 2. The van der Waals surface area contributed by atoms with Crippen LogP contribution in [0.3, 0.4) is 0 Å². The maximum Gasteiger partial charge on any atom is 0.220 e. The Bertz CT molecular complexity index is 323. The van der Waals surface area contributed by atoms with Gasteiger partial charge in [0.05, 0.1) is 18.8 Å². The lowest BCUT2D eigenvalue weighted by Crippen LogP contribution is -2.45. The van der Waals surface area contributed by atoms with Crippen LogP contribution in [0.4, 0.5) is 0 Å². The second-order valence-corrected chi connectivity index (χ2v) is 8.06. The number of carbonyl (C=O) groups excluding carboxylic acids is 1. The monoisotopic (exact) mass is 385 g/mol. The van der Waals surface area contributed by atoms with Crippen LogP contribution in [0.1, 0.15) is 123 Å². The Morgan fingerprint density at radius 1 is 0.741 bits per heavy atom. The molecule has 27 heavy (non-hydrogen) atoms. The number of hydrogen-bond acceptors (Lipinski definition) is 3. The number of rotatable bonds is 20. The Hall–Kier alpha value is -0.610. The second-order valence-electron chi connectivity index (χ2n) is 8.06. The zero-order valence-corrected chi connectivity index (χ0v) is 18.2. The Balaban J connectivity index is 3.69. The molecule has 162 valence electrons. The maximum absolute atomic E-state index is 12.0. The molecule has 0 aliphatic carbocycles. The fraction of sp³-hybridized carbons (Fsp3) is 0.957. The summed E-state index contributed by atoms with van der Waals surface area (Å²) in [5.74, 6) is -0.0429. The van der Waals surface area contributed by atoms with Crippen LogP contribution in [0, 0.1) is 0 Å². The van der Waals surface area contributed by atoms with Gasteiger partial charge in [-0.15, -0.1) is 0 Å². The summed E-state index contributed by atoms with van der Waals surface area (Å²) in [4.78, 5) is 12.0. The highest BCUT2D eigenvalue weighted by atomic mass is 16.3. The number of unbranched alkanes of at least 4 members (excludes halogenated alkanes) is 13. The largest absolute Gasteiger partial charge is 0.394 e. The molecule has 0 saturated heterocycles. The van der Waals surface area contributed by atoms with E-state index in [-0.39, 0.29) is 12.5 Å². The van der Waals surface area contributed by atoms with E-state index in [1.165, 1.54) is 70.6 Å². The van der Waals surface area contributed by atoms with Crippen molar-refractivity contribution in [1.29, 1.82) is 0 Å². The van der Waals surface area contributed by atoms with Gasteiger partial charge in [-0.25, -0.2) is 0 Å². The van der Waals surface area contributed by atoms with E-state index in [2.05, 4.69) is 19.2 Å². The summed E-state index contributed by atoms with van der Waals surface area (Å²) in [6, 6.07) is -0.522. The van der Waals surface area contributed by atoms with Crippen molar-refractivity contribution in [3.05, 3.63) is 0 Å². The first-order valence-corrected chi connectivity index (χ1v) is 11.7. The third-order valence-corrected chi connectivity index (χ3v) is 5.37. The molecule has 4 heteroatoms. The zero-order chi connectivity index (χ0) is 20.2. The van der Waals surface area contributed by atoms with Gasteiger partial charge in [0.1, 0.15) is 0 Å². The number of aliphatic hydroxyl groups excluding tert-OH is 2. The second kappa shape index (κ2) is 20.1. The molecular weight excluding hydrogens is 338 g/mol. The van der Waals surface area contributed by atoms with Crippen molar-refractivity contribution in [2.45, 2.75) is 135 Å². The molecule has 0 fully saturated rings. The van der Waals surface area contributed by atoms with Gasteiger partial charge in [0.15, 0.2) is 0 Å². The molecule has 2 unspecified atom stereocenters. The molecule has 0 aliphatic rings. The summed E-state index contributed by atoms with van der Waals surface area (Å²) in [7, 11) is 0. The van der Waals surface area contributed by atoms with Crippen molar-refractivity contribution in [2.24, 2.45) is 0 Å². The molecule has 0 heterocycles. The summed E-state index contributed by atoms with van der Waals surface area (Å²) in [6.45, 7) is 4.25. The minimum absolute atomic E-state index is 0.0429. The van der Waals surface area contributed by atoms with Crippen molar-refractivity contribution in [1.82, 2.24) is 5.32 Å². The van der Waals surface area contributed by atoms with Gasteiger partial charge in [-0.05, 0) is 12.8 Å². The van der Waals surface area contributed by atoms with Crippen molar-refractivity contribution in [3.63, 3.8) is 0 Å². The summed E-state index contributed by atoms with van der Waals surface area (Å²) >= 11 is 0. The van der Waals surface area contributed by atoms with Gasteiger partial charge in [0.2, 0.25) is 5.91 Å². The zero-order valence-electron chi connectivity index (χ0n) is 18.2. The first-order chi connectivity index (χ1) is 13.2. The Labute approximate surface area is 168 Å². The van der Waals surface area contributed by atoms with Gasteiger partial charge in [-0.3, -0.25) is 4.79 Å². The molecule has 2 atom stereocenters. The van der Waals surface area contributed by atoms with Crippen LogP contribution < -0.4 is 5.32 Å². The molecule has 1 amide bonds. The van der Waals surface area contributed by atoms with Gasteiger partial charge in [0.25, 0.3) is 0 Å². The molecular formula is C23H47NO3. The fourth-order valence-electron chi connectivity index (χ4n) is 3.47. The maximum atomic E-state index is 12.0. The molecule has 0 bridgehead atoms. The van der Waals surface area contributed by atoms with E-state index in [0.717, 1.165) is 25.7 Å². The van der Waals surface area contributed by atoms with Crippen LogP contribution >= 0.6 is 0 Å². The van der Waals surface area contributed by atoms with Gasteiger partial charge >= 0.3 is 0 Å². The van der Waals surface area contributed by atoms with E-state index in [0.29, 0.717) is 12.8 Å². The van der Waals surface area contributed by atoms with Gasteiger partial charge in [0, 0.05) is 6.42 Å². The Kier molecular flexibility index (Phi) is 19.7. The van der Waals surface area contributed by atoms with E-state index in [1.807, 2.05) is 0 Å². The SMILES string of the molecule is CCCCCCCCCCC(=O)NC(CO)C(O)CCCCCCCCC. The van der Waals surface area contributed by atoms with Gasteiger partial charge in [-0.1, -0.05) is 104 Å². The highest BCUT2D eigenvalue weighted by molar-refractivity contribution is 5.76. The van der Waals surface area contributed by atoms with Gasteiger partial charge < -0.3 is 15.5 Å². The molecule has 0 aromatic carbocycles. The molecule has 0 aromatic rings. The predicted octanol–water partition coefficient (Wildman–Crippen LogP) is 5.50. The average molecular weight is 386 g/mol. The number of amides is 1. The molecule has 0 aliphatic heterocycles. The van der Waals surface area contributed by atoms with Crippen molar-refractivity contribution < 1.29 is 15.0 Å². The third-order valence-electron chi connectivity index (χ3n) is 5.37. The summed E-state index contributed by atoms with van der Waals surface area (Å²) < 4.78 is 0. The summed E-state index contributed by atoms with van der Waals surface area (Å²) in [6.07, 6.45) is 18.6. The lowest BCUT2D eigenvalue weighted by Gasteiger charge is -2.22. The van der Waals surface area contributed by atoms with E-state index < -0.39 is 12.1 Å². The van der Waals surface area contributed by atoms with Crippen molar-refractivity contribution >= 4 is 5.91 Å². The molecule has 0 rings (SSSR count). The van der Waals surface area contributed by atoms with Crippen LogP contribution in [-0.4, -0.2) is 34.9 Å². The van der Waals surface area contributed by atoms with Crippen molar-refractivity contribution in [2.75, 3.05) is 6.61 Å². The number of carbonyl (C=O) groups is 1. The highest BCUT2D eigenvalue weighted by Crippen LogP contribution is 2.12. The fourth-order valence-corrected chi connectivity index (χ4v) is 3.47. The smallest absolute Gasteiger partial charge is 0.220 e. The predicted molar refractivity (Wildman–Crippen MR) is 115 cm³/mol. The minimum atomic E-state index is -0.645. The normalized spacial score (nSPS) is 13.5. The average Bonchev–Trinajstić information content (AvgIpc) is 2.67. The standard InChI is InChI=1S/C23H47NO3/c1-3-5-7-9-11-13-15-17-19-23(27)24-21(20-25)22(26)18-16-14-12-10-8-6-4-2/h21-22,25-26H,3-20H2,1-2H3,(H,24,27). The van der Waals surface area contributed by atoms with E-state index in [4.69, 9.17) is 0 Å². The van der Waals surface area contributed by atoms with Crippen molar-refractivity contribution in [3.8, 4) is 0 Å². The minimum Gasteiger partial charge on any atom is -0.394 e. The van der Waals surface area contributed by atoms with Crippen LogP contribution in [0.2, 0.25) is 0 Å². The van der Waals surface area contributed by atoms with Crippen LogP contribution in [0.25, 0.3) is 0 Å². The quantitative estimate of drug-likeness (QED) is 0.242.